The number of hydrogen-bond acceptors (Lipinski definition) is 8. The highest BCUT2D eigenvalue weighted by molar-refractivity contribution is 5.86. The Labute approximate surface area is 217 Å². The van der Waals surface area contributed by atoms with Gasteiger partial charge in [0, 0.05) is 17.0 Å². The number of nitriles is 1. The van der Waals surface area contributed by atoms with Gasteiger partial charge >= 0.3 is 0 Å². The summed E-state index contributed by atoms with van der Waals surface area (Å²) in [6, 6.07) is 23.4. The summed E-state index contributed by atoms with van der Waals surface area (Å²) in [6.07, 6.45) is 0. The van der Waals surface area contributed by atoms with E-state index in [0.717, 1.165) is 44.7 Å². The molecule has 2 atom stereocenters. The second-order valence-corrected chi connectivity index (χ2v) is 8.90. The first-order chi connectivity index (χ1) is 18.6. The van der Waals surface area contributed by atoms with E-state index in [1.165, 1.54) is 0 Å². The van der Waals surface area contributed by atoms with E-state index in [1.54, 1.807) is 14.2 Å². The van der Waals surface area contributed by atoms with Crippen LogP contribution < -0.4 is 14.2 Å². The number of rotatable bonds is 6. The molecular formula is C28H23N7O3. The van der Waals surface area contributed by atoms with Gasteiger partial charge in [-0.2, -0.15) is 5.26 Å². The first kappa shape index (κ1) is 23.2. The molecule has 1 aliphatic rings. The Morgan fingerprint density at radius 3 is 2.66 bits per heavy atom. The minimum Gasteiger partial charge on any atom is -0.497 e. The van der Waals surface area contributed by atoms with Crippen LogP contribution in [0.5, 0.6) is 17.4 Å². The summed E-state index contributed by atoms with van der Waals surface area (Å²) >= 11 is 0. The Morgan fingerprint density at radius 2 is 1.89 bits per heavy atom. The van der Waals surface area contributed by atoms with Gasteiger partial charge in [-0.25, -0.2) is 4.68 Å². The van der Waals surface area contributed by atoms with Crippen LogP contribution in [0.2, 0.25) is 0 Å². The Balaban J connectivity index is 1.47. The molecule has 0 saturated heterocycles. The van der Waals surface area contributed by atoms with Crippen LogP contribution in [0.1, 0.15) is 22.6 Å². The number of nitrogens with one attached hydrogen (secondary N) is 2. The SMILES string of the molecule is COc1ccc(-c2[nH]nc3c2C(c2ccc(OC)c(Cn4nnc5ccccc54)c2)C(C#N)C(=N)O3)cc1. The van der Waals surface area contributed by atoms with Gasteiger partial charge in [0.05, 0.1) is 43.6 Å². The van der Waals surface area contributed by atoms with Crippen LogP contribution in [0.4, 0.5) is 0 Å². The van der Waals surface area contributed by atoms with Crippen molar-refractivity contribution in [2.45, 2.75) is 12.5 Å². The molecule has 0 bridgehead atoms. The van der Waals surface area contributed by atoms with Crippen LogP contribution in [0.3, 0.4) is 0 Å². The van der Waals surface area contributed by atoms with Gasteiger partial charge in [-0.15, -0.1) is 10.2 Å². The van der Waals surface area contributed by atoms with Crippen LogP contribution in [0.15, 0.2) is 66.7 Å². The zero-order valence-corrected chi connectivity index (χ0v) is 20.7. The zero-order chi connectivity index (χ0) is 26.2. The van der Waals surface area contributed by atoms with E-state index in [-0.39, 0.29) is 11.8 Å². The third-order valence-electron chi connectivity index (χ3n) is 6.82. The summed E-state index contributed by atoms with van der Waals surface area (Å²) in [6.45, 7) is 0.416. The molecule has 10 heteroatoms. The number of nitrogens with zero attached hydrogens (tertiary/aromatic N) is 5. The van der Waals surface area contributed by atoms with Crippen LogP contribution in [-0.2, 0) is 6.54 Å². The molecule has 10 nitrogen and oxygen atoms in total. The Bertz CT molecular complexity index is 1700. The van der Waals surface area contributed by atoms with E-state index < -0.39 is 11.8 Å². The fourth-order valence-corrected chi connectivity index (χ4v) is 4.97. The van der Waals surface area contributed by atoms with Crippen molar-refractivity contribution in [2.75, 3.05) is 14.2 Å². The fourth-order valence-electron chi connectivity index (χ4n) is 4.97. The van der Waals surface area contributed by atoms with E-state index in [2.05, 4.69) is 26.6 Å². The lowest BCUT2D eigenvalue weighted by Crippen LogP contribution is -2.31. The summed E-state index contributed by atoms with van der Waals surface area (Å²) < 4.78 is 18.5. The predicted octanol–water partition coefficient (Wildman–Crippen LogP) is 4.53. The number of aromatic amines is 1. The summed E-state index contributed by atoms with van der Waals surface area (Å²) in [7, 11) is 3.24. The zero-order valence-electron chi connectivity index (χ0n) is 20.7. The number of ether oxygens (including phenoxy) is 3. The molecule has 5 aromatic rings. The molecule has 0 spiro atoms. The molecule has 2 aromatic heterocycles. The van der Waals surface area contributed by atoms with Crippen molar-refractivity contribution in [3.05, 3.63) is 83.4 Å². The number of H-pyrrole nitrogens is 1. The Hall–Kier alpha value is -5.17. The van der Waals surface area contributed by atoms with E-state index in [0.29, 0.717) is 12.3 Å². The highest BCUT2D eigenvalue weighted by Gasteiger charge is 2.41. The lowest BCUT2D eigenvalue weighted by Gasteiger charge is -2.28. The molecule has 2 unspecified atom stereocenters. The van der Waals surface area contributed by atoms with Gasteiger partial charge in [-0.05, 0) is 54.1 Å². The molecule has 6 rings (SSSR count). The molecular weight excluding hydrogens is 482 g/mol. The molecule has 3 heterocycles. The second kappa shape index (κ2) is 9.37. The molecule has 0 radical (unpaired) electrons. The Morgan fingerprint density at radius 1 is 1.08 bits per heavy atom. The number of methoxy groups -OCH3 is 2. The average Bonchev–Trinajstić information content (AvgIpc) is 3.56. The summed E-state index contributed by atoms with van der Waals surface area (Å²) in [4.78, 5) is 0. The normalized spacial score (nSPS) is 16.5. The monoisotopic (exact) mass is 505 g/mol. The standard InChI is InChI=1S/C28H23N7O3/c1-36-19-10-7-16(8-11-19)26-25-24(20(14-29)27(30)38-28(25)33-32-26)17-9-12-23(37-2)18(13-17)15-35-22-6-4-3-5-21(22)31-34-35/h3-13,20,24,30H,15H2,1-2H3,(H,32,33). The van der Waals surface area contributed by atoms with Crippen LogP contribution >= 0.6 is 0 Å². The van der Waals surface area contributed by atoms with Gasteiger partial charge in [0.2, 0.25) is 11.8 Å². The molecule has 188 valence electrons. The van der Waals surface area contributed by atoms with Crippen molar-refractivity contribution in [2.24, 2.45) is 5.92 Å². The Kier molecular flexibility index (Phi) is 5.73. The van der Waals surface area contributed by atoms with Gasteiger partial charge in [0.25, 0.3) is 0 Å². The average molecular weight is 506 g/mol. The predicted molar refractivity (Wildman–Crippen MR) is 140 cm³/mol. The highest BCUT2D eigenvalue weighted by atomic mass is 16.5. The minimum atomic E-state index is -0.842. The summed E-state index contributed by atoms with van der Waals surface area (Å²) in [5.74, 6) is 0.225. The lowest BCUT2D eigenvalue weighted by atomic mass is 9.78. The van der Waals surface area contributed by atoms with E-state index >= 15 is 0 Å². The summed E-state index contributed by atoms with van der Waals surface area (Å²) in [5.41, 5.74) is 5.72. The van der Waals surface area contributed by atoms with Crippen molar-refractivity contribution in [1.82, 2.24) is 25.2 Å². The summed E-state index contributed by atoms with van der Waals surface area (Å²) in [5, 5.41) is 34.6. The van der Waals surface area contributed by atoms with Crippen LogP contribution in [0, 0.1) is 22.7 Å². The molecule has 2 N–H and O–H groups in total. The first-order valence-corrected chi connectivity index (χ1v) is 11.9. The molecule has 1 aliphatic heterocycles. The molecule has 3 aromatic carbocycles. The third kappa shape index (κ3) is 3.81. The van der Waals surface area contributed by atoms with Gasteiger partial charge in [-0.1, -0.05) is 23.4 Å². The number of fused-ring (bicyclic) bond motifs is 2. The van der Waals surface area contributed by atoms with E-state index in [4.69, 9.17) is 19.6 Å². The van der Waals surface area contributed by atoms with Crippen molar-refractivity contribution < 1.29 is 14.2 Å². The van der Waals surface area contributed by atoms with Crippen molar-refractivity contribution in [3.63, 3.8) is 0 Å². The first-order valence-electron chi connectivity index (χ1n) is 11.9. The number of aromatic nitrogens is 5. The molecule has 0 saturated carbocycles. The van der Waals surface area contributed by atoms with Gasteiger partial charge < -0.3 is 14.2 Å². The number of para-hydroxylation sites is 1. The van der Waals surface area contributed by atoms with E-state index in [1.807, 2.05) is 71.4 Å². The van der Waals surface area contributed by atoms with Crippen molar-refractivity contribution >= 4 is 16.9 Å². The molecule has 0 fully saturated rings. The van der Waals surface area contributed by atoms with Gasteiger partial charge in [-0.3, -0.25) is 10.5 Å². The lowest BCUT2D eigenvalue weighted by molar-refractivity contribution is 0.406. The minimum absolute atomic E-state index is 0.141. The van der Waals surface area contributed by atoms with Gasteiger partial charge in [0.15, 0.2) is 0 Å². The highest BCUT2D eigenvalue weighted by Crippen LogP contribution is 2.46. The maximum atomic E-state index is 10.1. The molecule has 38 heavy (non-hydrogen) atoms. The van der Waals surface area contributed by atoms with Crippen molar-refractivity contribution in [3.8, 4) is 34.7 Å². The van der Waals surface area contributed by atoms with Gasteiger partial charge in [0.1, 0.15) is 22.9 Å². The van der Waals surface area contributed by atoms with E-state index in [9.17, 15) is 5.26 Å². The fraction of sp³-hybridized carbons (Fsp3) is 0.179. The smallest absolute Gasteiger partial charge is 0.244 e. The van der Waals surface area contributed by atoms with Crippen LogP contribution in [-0.4, -0.2) is 45.3 Å². The quantitative estimate of drug-likeness (QED) is 0.346. The number of benzene rings is 3. The molecule has 0 aliphatic carbocycles. The topological polar surface area (TPSA) is 135 Å². The number of hydrogen-bond donors (Lipinski definition) is 2. The van der Waals surface area contributed by atoms with Crippen LogP contribution in [0.25, 0.3) is 22.3 Å². The maximum absolute atomic E-state index is 10.1. The maximum Gasteiger partial charge on any atom is 0.244 e. The van der Waals surface area contributed by atoms with Crippen molar-refractivity contribution in [1.29, 1.82) is 10.7 Å². The molecule has 0 amide bonds. The second-order valence-electron chi connectivity index (χ2n) is 8.90. The third-order valence-corrected chi connectivity index (χ3v) is 6.82. The largest absolute Gasteiger partial charge is 0.497 e.